The SMILES string of the molecule is CC(C)(C)C(=O)NC(C)(C)C(F)(F)F. The van der Waals surface area contributed by atoms with Crippen molar-refractivity contribution in [3.8, 4) is 0 Å². The molecule has 0 unspecified atom stereocenters. The third kappa shape index (κ3) is 3.20. The summed E-state index contributed by atoms with van der Waals surface area (Å²) in [6.07, 6.45) is -4.44. The van der Waals surface area contributed by atoms with E-state index in [1.54, 1.807) is 20.8 Å². The highest BCUT2D eigenvalue weighted by molar-refractivity contribution is 5.82. The molecule has 0 aromatic heterocycles. The topological polar surface area (TPSA) is 29.1 Å². The van der Waals surface area contributed by atoms with Crippen LogP contribution in [0.25, 0.3) is 0 Å². The van der Waals surface area contributed by atoms with Crippen molar-refractivity contribution in [3.63, 3.8) is 0 Å². The smallest absolute Gasteiger partial charge is 0.342 e. The number of hydrogen-bond acceptors (Lipinski definition) is 1. The van der Waals surface area contributed by atoms with Crippen LogP contribution in [-0.4, -0.2) is 17.6 Å². The average molecular weight is 211 g/mol. The molecule has 0 atom stereocenters. The van der Waals surface area contributed by atoms with Crippen molar-refractivity contribution in [2.24, 2.45) is 5.41 Å². The summed E-state index contributed by atoms with van der Waals surface area (Å²) >= 11 is 0. The number of nitrogens with one attached hydrogen (secondary N) is 1. The molecule has 0 rings (SSSR count). The van der Waals surface area contributed by atoms with Crippen LogP contribution in [0.4, 0.5) is 13.2 Å². The van der Waals surface area contributed by atoms with Crippen LogP contribution in [0.15, 0.2) is 0 Å². The first kappa shape index (κ1) is 13.3. The number of rotatable bonds is 1. The van der Waals surface area contributed by atoms with Gasteiger partial charge >= 0.3 is 6.18 Å². The summed E-state index contributed by atoms with van der Waals surface area (Å²) in [5.41, 5.74) is -3.00. The van der Waals surface area contributed by atoms with Crippen LogP contribution >= 0.6 is 0 Å². The van der Waals surface area contributed by atoms with Gasteiger partial charge in [0.2, 0.25) is 5.91 Å². The summed E-state index contributed by atoms with van der Waals surface area (Å²) in [4.78, 5) is 11.3. The molecule has 0 aromatic rings. The van der Waals surface area contributed by atoms with Gasteiger partial charge in [-0.05, 0) is 13.8 Å². The van der Waals surface area contributed by atoms with E-state index < -0.39 is 23.0 Å². The Hall–Kier alpha value is -0.740. The maximum Gasteiger partial charge on any atom is 0.410 e. The van der Waals surface area contributed by atoms with Crippen LogP contribution in [0.2, 0.25) is 0 Å². The van der Waals surface area contributed by atoms with Gasteiger partial charge in [0.15, 0.2) is 0 Å². The predicted molar refractivity (Wildman–Crippen MR) is 47.7 cm³/mol. The Kier molecular flexibility index (Phi) is 3.26. The van der Waals surface area contributed by atoms with Crippen molar-refractivity contribution in [2.75, 3.05) is 0 Å². The fraction of sp³-hybridized carbons (Fsp3) is 0.889. The fourth-order valence-corrected chi connectivity index (χ4v) is 0.542. The summed E-state index contributed by atoms with van der Waals surface area (Å²) in [6, 6.07) is 0. The molecule has 0 bridgehead atoms. The minimum absolute atomic E-state index is 0.611. The van der Waals surface area contributed by atoms with Gasteiger partial charge in [-0.1, -0.05) is 20.8 Å². The zero-order valence-electron chi connectivity index (χ0n) is 9.04. The van der Waals surface area contributed by atoms with Crippen LogP contribution in [-0.2, 0) is 4.79 Å². The molecule has 0 aliphatic heterocycles. The molecule has 0 radical (unpaired) electrons. The van der Waals surface area contributed by atoms with Crippen LogP contribution < -0.4 is 5.32 Å². The third-order valence-electron chi connectivity index (χ3n) is 1.82. The van der Waals surface area contributed by atoms with Crippen LogP contribution in [0.1, 0.15) is 34.6 Å². The minimum atomic E-state index is -4.44. The summed E-state index contributed by atoms with van der Waals surface area (Å²) in [5, 5.41) is 1.97. The highest BCUT2D eigenvalue weighted by Crippen LogP contribution is 2.30. The molecule has 1 N–H and O–H groups in total. The first-order valence-electron chi connectivity index (χ1n) is 4.27. The Morgan fingerprint density at radius 2 is 1.36 bits per heavy atom. The summed E-state index contributed by atoms with van der Waals surface area (Å²) in [5.74, 6) is -0.611. The summed E-state index contributed by atoms with van der Waals surface area (Å²) < 4.78 is 37.1. The molecule has 5 heteroatoms. The number of hydrogen-bond donors (Lipinski definition) is 1. The molecule has 0 heterocycles. The highest BCUT2D eigenvalue weighted by atomic mass is 19.4. The number of carbonyl (C=O) groups excluding carboxylic acids is 1. The van der Waals surface area contributed by atoms with Gasteiger partial charge in [-0.2, -0.15) is 13.2 Å². The van der Waals surface area contributed by atoms with Crippen LogP contribution in [0.5, 0.6) is 0 Å². The van der Waals surface area contributed by atoms with E-state index >= 15 is 0 Å². The second-order valence-corrected chi connectivity index (χ2v) is 4.83. The largest absolute Gasteiger partial charge is 0.410 e. The lowest BCUT2D eigenvalue weighted by Gasteiger charge is -2.31. The quantitative estimate of drug-likeness (QED) is 0.709. The minimum Gasteiger partial charge on any atom is -0.342 e. The van der Waals surface area contributed by atoms with Crippen molar-refractivity contribution in [2.45, 2.75) is 46.3 Å². The molecule has 0 aromatic carbocycles. The van der Waals surface area contributed by atoms with E-state index in [4.69, 9.17) is 0 Å². The molecule has 0 aliphatic carbocycles. The van der Waals surface area contributed by atoms with Gasteiger partial charge in [-0.3, -0.25) is 4.79 Å². The van der Waals surface area contributed by atoms with E-state index in [1.165, 1.54) is 0 Å². The zero-order chi connectivity index (χ0) is 11.8. The average Bonchev–Trinajstić information content (AvgIpc) is 1.80. The summed E-state index contributed by atoms with van der Waals surface area (Å²) in [6.45, 7) is 6.58. The molecule has 14 heavy (non-hydrogen) atoms. The third-order valence-corrected chi connectivity index (χ3v) is 1.82. The molecule has 0 saturated carbocycles. The number of carbonyl (C=O) groups is 1. The molecule has 2 nitrogen and oxygen atoms in total. The van der Waals surface area contributed by atoms with E-state index in [-0.39, 0.29) is 0 Å². The van der Waals surface area contributed by atoms with Gasteiger partial charge in [-0.25, -0.2) is 0 Å². The molecule has 0 spiro atoms. The monoisotopic (exact) mass is 211 g/mol. The zero-order valence-corrected chi connectivity index (χ0v) is 9.04. The molecular formula is C9H16F3NO. The second-order valence-electron chi connectivity index (χ2n) is 4.83. The normalized spacial score (nSPS) is 14.0. The Morgan fingerprint density at radius 3 is 1.57 bits per heavy atom. The molecule has 84 valence electrons. The summed E-state index contributed by atoms with van der Waals surface area (Å²) in [7, 11) is 0. The highest BCUT2D eigenvalue weighted by Gasteiger charge is 2.49. The first-order valence-corrected chi connectivity index (χ1v) is 4.27. The van der Waals surface area contributed by atoms with Crippen molar-refractivity contribution >= 4 is 5.91 Å². The Balaban J connectivity index is 4.62. The lowest BCUT2D eigenvalue weighted by Crippen LogP contribution is -2.56. The van der Waals surface area contributed by atoms with Crippen molar-refractivity contribution in [1.29, 1.82) is 0 Å². The lowest BCUT2D eigenvalue weighted by molar-refractivity contribution is -0.190. The standard InChI is InChI=1S/C9H16F3NO/c1-7(2,3)6(14)13-8(4,5)9(10,11)12/h1-5H3,(H,13,14). The first-order chi connectivity index (χ1) is 5.88. The maximum atomic E-state index is 12.4. The molecule has 1 amide bonds. The number of halogens is 3. The number of alkyl halides is 3. The van der Waals surface area contributed by atoms with Gasteiger partial charge in [0, 0.05) is 5.41 Å². The van der Waals surface area contributed by atoms with E-state index in [0.717, 1.165) is 13.8 Å². The number of amides is 1. The van der Waals surface area contributed by atoms with Gasteiger partial charge in [0.05, 0.1) is 0 Å². The lowest BCUT2D eigenvalue weighted by atomic mass is 9.93. The Bertz CT molecular complexity index is 225. The van der Waals surface area contributed by atoms with Crippen LogP contribution in [0, 0.1) is 5.41 Å². The van der Waals surface area contributed by atoms with Gasteiger partial charge in [0.25, 0.3) is 0 Å². The van der Waals surface area contributed by atoms with Crippen LogP contribution in [0.3, 0.4) is 0 Å². The van der Waals surface area contributed by atoms with E-state index in [9.17, 15) is 18.0 Å². The Morgan fingerprint density at radius 1 is 1.00 bits per heavy atom. The maximum absolute atomic E-state index is 12.4. The van der Waals surface area contributed by atoms with Crippen molar-refractivity contribution < 1.29 is 18.0 Å². The molecule has 0 saturated heterocycles. The fourth-order valence-electron chi connectivity index (χ4n) is 0.542. The van der Waals surface area contributed by atoms with E-state index in [2.05, 4.69) is 0 Å². The van der Waals surface area contributed by atoms with Crippen molar-refractivity contribution in [3.05, 3.63) is 0 Å². The molecule has 0 aliphatic rings. The van der Waals surface area contributed by atoms with Gasteiger partial charge in [-0.15, -0.1) is 0 Å². The Labute approximate surface area is 81.9 Å². The van der Waals surface area contributed by atoms with E-state index in [1.807, 2.05) is 5.32 Å². The van der Waals surface area contributed by atoms with E-state index in [0.29, 0.717) is 0 Å². The molecular weight excluding hydrogens is 195 g/mol. The second kappa shape index (κ2) is 3.44. The molecule has 0 fully saturated rings. The van der Waals surface area contributed by atoms with Gasteiger partial charge < -0.3 is 5.32 Å². The van der Waals surface area contributed by atoms with Gasteiger partial charge in [0.1, 0.15) is 5.54 Å². The predicted octanol–water partition coefficient (Wildman–Crippen LogP) is 2.49. The van der Waals surface area contributed by atoms with Crippen molar-refractivity contribution in [1.82, 2.24) is 5.32 Å².